The predicted octanol–water partition coefficient (Wildman–Crippen LogP) is 2.40. The Bertz CT molecular complexity index is 616. The van der Waals surface area contributed by atoms with Gasteiger partial charge in [-0.2, -0.15) is 4.98 Å². The Labute approximate surface area is 130 Å². The first-order valence-corrected chi connectivity index (χ1v) is 7.81. The van der Waals surface area contributed by atoms with Crippen LogP contribution in [0.25, 0.3) is 0 Å². The zero-order valence-corrected chi connectivity index (χ0v) is 12.9. The van der Waals surface area contributed by atoms with Crippen LogP contribution in [0.3, 0.4) is 0 Å². The minimum atomic E-state index is 0.0963. The predicted molar refractivity (Wildman–Crippen MR) is 82.2 cm³/mol. The molecule has 116 valence electrons. The summed E-state index contributed by atoms with van der Waals surface area (Å²) in [7, 11) is 0. The summed E-state index contributed by atoms with van der Waals surface area (Å²) in [5.41, 5.74) is 1.38. The van der Waals surface area contributed by atoms with Gasteiger partial charge in [0.1, 0.15) is 0 Å². The van der Waals surface area contributed by atoms with Crippen molar-refractivity contribution in [1.82, 2.24) is 15.0 Å². The number of hydrogen-bond acceptors (Lipinski definition) is 4. The number of hydrogen-bond donors (Lipinski definition) is 0. The number of amides is 1. The van der Waals surface area contributed by atoms with Gasteiger partial charge in [-0.25, -0.2) is 0 Å². The molecule has 0 saturated carbocycles. The fourth-order valence-corrected chi connectivity index (χ4v) is 2.99. The third kappa shape index (κ3) is 3.72. The molecular weight excluding hydrogens is 278 g/mol. The van der Waals surface area contributed by atoms with Crippen molar-refractivity contribution < 1.29 is 9.32 Å². The molecule has 1 saturated heterocycles. The van der Waals surface area contributed by atoms with E-state index in [1.165, 1.54) is 5.56 Å². The number of piperidine rings is 1. The fraction of sp³-hybridized carbons (Fsp3) is 0.471. The molecule has 0 N–H and O–H groups in total. The van der Waals surface area contributed by atoms with Gasteiger partial charge in [-0.05, 0) is 30.7 Å². The van der Waals surface area contributed by atoms with E-state index in [0.29, 0.717) is 17.6 Å². The first-order valence-electron chi connectivity index (χ1n) is 7.81. The zero-order valence-electron chi connectivity index (χ0n) is 12.9. The lowest BCUT2D eigenvalue weighted by Gasteiger charge is -2.32. The lowest BCUT2D eigenvalue weighted by Crippen LogP contribution is -2.39. The second-order valence-corrected chi connectivity index (χ2v) is 5.92. The molecule has 22 heavy (non-hydrogen) atoms. The number of likely N-dealkylation sites (tertiary alicyclic amines) is 1. The second-order valence-electron chi connectivity index (χ2n) is 5.92. The average molecular weight is 299 g/mol. The molecule has 1 aromatic heterocycles. The van der Waals surface area contributed by atoms with E-state index < -0.39 is 0 Å². The Morgan fingerprint density at radius 2 is 2.00 bits per heavy atom. The monoisotopic (exact) mass is 299 g/mol. The molecule has 0 atom stereocenters. The summed E-state index contributed by atoms with van der Waals surface area (Å²) >= 11 is 0. The molecule has 0 spiro atoms. The maximum atomic E-state index is 12.2. The van der Waals surface area contributed by atoms with E-state index in [1.807, 2.05) is 11.0 Å². The van der Waals surface area contributed by atoms with E-state index in [-0.39, 0.29) is 12.3 Å². The van der Waals surface area contributed by atoms with Gasteiger partial charge in [0.25, 0.3) is 0 Å². The molecule has 2 heterocycles. The summed E-state index contributed by atoms with van der Waals surface area (Å²) in [6, 6.07) is 10.6. The molecule has 0 bridgehead atoms. The minimum Gasteiger partial charge on any atom is -0.342 e. The molecule has 0 aliphatic carbocycles. The summed E-state index contributed by atoms with van der Waals surface area (Å²) in [5, 5.41) is 3.79. The number of carbonyl (C=O) groups excluding carboxylic acids is 1. The van der Waals surface area contributed by atoms with Crippen molar-refractivity contribution in [3.05, 3.63) is 47.6 Å². The first-order chi connectivity index (χ1) is 10.7. The van der Waals surface area contributed by atoms with Crippen LogP contribution in [0.5, 0.6) is 0 Å². The molecule has 1 aliphatic rings. The van der Waals surface area contributed by atoms with Gasteiger partial charge >= 0.3 is 0 Å². The van der Waals surface area contributed by atoms with Crippen molar-refractivity contribution in [1.29, 1.82) is 0 Å². The van der Waals surface area contributed by atoms with Crippen LogP contribution < -0.4 is 0 Å². The Kier molecular flexibility index (Phi) is 4.51. The average Bonchev–Trinajstić information content (AvgIpc) is 2.94. The van der Waals surface area contributed by atoms with Crippen molar-refractivity contribution in [3.8, 4) is 0 Å². The third-order valence-corrected chi connectivity index (χ3v) is 4.21. The van der Waals surface area contributed by atoms with Gasteiger partial charge in [-0.15, -0.1) is 0 Å². The van der Waals surface area contributed by atoms with Crippen LogP contribution in [0, 0.1) is 12.8 Å². The topological polar surface area (TPSA) is 59.2 Å². The van der Waals surface area contributed by atoms with Gasteiger partial charge in [0.05, 0.1) is 6.42 Å². The minimum absolute atomic E-state index is 0.0963. The number of rotatable bonds is 4. The third-order valence-electron chi connectivity index (χ3n) is 4.21. The lowest BCUT2D eigenvalue weighted by molar-refractivity contribution is -0.132. The van der Waals surface area contributed by atoms with Crippen molar-refractivity contribution in [2.24, 2.45) is 5.92 Å². The molecular formula is C17H21N3O2. The van der Waals surface area contributed by atoms with Crippen molar-refractivity contribution in [2.75, 3.05) is 13.1 Å². The Balaban J connectivity index is 1.48. The number of aromatic nitrogens is 2. The van der Waals surface area contributed by atoms with Crippen molar-refractivity contribution in [3.63, 3.8) is 0 Å². The summed E-state index contributed by atoms with van der Waals surface area (Å²) in [6.07, 6.45) is 3.46. The van der Waals surface area contributed by atoms with Gasteiger partial charge in [0.15, 0.2) is 5.82 Å². The van der Waals surface area contributed by atoms with E-state index in [9.17, 15) is 4.79 Å². The Morgan fingerprint density at radius 1 is 1.27 bits per heavy atom. The quantitative estimate of drug-likeness (QED) is 0.870. The highest BCUT2D eigenvalue weighted by atomic mass is 16.5. The zero-order chi connectivity index (χ0) is 15.4. The highest BCUT2D eigenvalue weighted by molar-refractivity contribution is 5.78. The van der Waals surface area contributed by atoms with E-state index >= 15 is 0 Å². The summed E-state index contributed by atoms with van der Waals surface area (Å²) < 4.78 is 4.90. The van der Waals surface area contributed by atoms with Gasteiger partial charge in [0, 0.05) is 20.0 Å². The van der Waals surface area contributed by atoms with Gasteiger partial charge in [-0.1, -0.05) is 35.5 Å². The molecule has 2 aromatic rings. The molecule has 5 nitrogen and oxygen atoms in total. The highest BCUT2D eigenvalue weighted by Crippen LogP contribution is 2.22. The fourth-order valence-electron chi connectivity index (χ4n) is 2.99. The maximum Gasteiger partial charge on any atom is 0.230 e. The molecule has 1 fully saturated rings. The molecule has 0 radical (unpaired) electrons. The second kappa shape index (κ2) is 6.73. The highest BCUT2D eigenvalue weighted by Gasteiger charge is 2.23. The summed E-state index contributed by atoms with van der Waals surface area (Å²) in [4.78, 5) is 18.3. The largest absolute Gasteiger partial charge is 0.342 e. The number of carbonyl (C=O) groups is 1. The standard InChI is InChI=1S/C17H21N3O2/c1-13-18-16(19-22-13)12-17(21)20-9-7-15(8-10-20)11-14-5-3-2-4-6-14/h2-6,15H,7-12H2,1H3. The van der Waals surface area contributed by atoms with Crippen LogP contribution in [0.2, 0.25) is 0 Å². The van der Waals surface area contributed by atoms with Crippen LogP contribution >= 0.6 is 0 Å². The lowest BCUT2D eigenvalue weighted by atomic mass is 9.90. The van der Waals surface area contributed by atoms with Gasteiger partial charge in [0.2, 0.25) is 11.8 Å². The number of nitrogens with zero attached hydrogens (tertiary/aromatic N) is 3. The van der Waals surface area contributed by atoms with Crippen LogP contribution in [-0.2, 0) is 17.6 Å². The molecule has 0 unspecified atom stereocenters. The summed E-state index contributed by atoms with van der Waals surface area (Å²) in [6.45, 7) is 3.39. The summed E-state index contributed by atoms with van der Waals surface area (Å²) in [5.74, 6) is 1.75. The van der Waals surface area contributed by atoms with E-state index in [4.69, 9.17) is 4.52 Å². The van der Waals surface area contributed by atoms with Gasteiger partial charge < -0.3 is 9.42 Å². The molecule has 1 amide bonds. The van der Waals surface area contributed by atoms with Crippen LogP contribution in [-0.4, -0.2) is 34.0 Å². The van der Waals surface area contributed by atoms with Crippen molar-refractivity contribution >= 4 is 5.91 Å². The van der Waals surface area contributed by atoms with Crippen LogP contribution in [0.15, 0.2) is 34.9 Å². The molecule has 3 rings (SSSR count). The molecule has 1 aromatic carbocycles. The normalized spacial score (nSPS) is 16.0. The van der Waals surface area contributed by atoms with E-state index in [2.05, 4.69) is 34.4 Å². The smallest absolute Gasteiger partial charge is 0.230 e. The van der Waals surface area contributed by atoms with Crippen molar-refractivity contribution in [2.45, 2.75) is 32.6 Å². The SMILES string of the molecule is Cc1nc(CC(=O)N2CCC(Cc3ccccc3)CC2)no1. The van der Waals surface area contributed by atoms with E-state index in [0.717, 1.165) is 32.4 Å². The number of aryl methyl sites for hydroxylation is 1. The van der Waals surface area contributed by atoms with Gasteiger partial charge in [-0.3, -0.25) is 4.79 Å². The molecule has 5 heteroatoms. The van der Waals surface area contributed by atoms with Crippen LogP contribution in [0.1, 0.15) is 30.1 Å². The molecule has 1 aliphatic heterocycles. The maximum absolute atomic E-state index is 12.2. The number of benzene rings is 1. The van der Waals surface area contributed by atoms with E-state index in [1.54, 1.807) is 6.92 Å². The first kappa shape index (κ1) is 14.8. The Hall–Kier alpha value is -2.17. The van der Waals surface area contributed by atoms with Crippen LogP contribution in [0.4, 0.5) is 0 Å². The Morgan fingerprint density at radius 3 is 2.64 bits per heavy atom.